The van der Waals surface area contributed by atoms with Crippen LogP contribution in [0.5, 0.6) is 0 Å². The first-order chi connectivity index (χ1) is 17.2. The molecule has 5 heterocycles. The Bertz CT molecular complexity index is 1450. The van der Waals surface area contributed by atoms with E-state index in [-0.39, 0.29) is 17.4 Å². The van der Waals surface area contributed by atoms with Gasteiger partial charge in [-0.2, -0.15) is 0 Å². The second-order valence-corrected chi connectivity index (χ2v) is 9.78. The Morgan fingerprint density at radius 2 is 1.94 bits per heavy atom. The summed E-state index contributed by atoms with van der Waals surface area (Å²) in [6, 6.07) is 5.40. The molecule has 2 amide bonds. The number of carbonyl (C=O) groups is 2. The smallest absolute Gasteiger partial charge is 0.257 e. The zero-order valence-electron chi connectivity index (χ0n) is 20.8. The molecule has 0 spiro atoms. The number of pyridine rings is 2. The van der Waals surface area contributed by atoms with Crippen LogP contribution in [0.2, 0.25) is 0 Å². The maximum atomic E-state index is 13.0. The zero-order chi connectivity index (χ0) is 25.4. The molecule has 0 saturated carbocycles. The van der Waals surface area contributed by atoms with E-state index in [0.717, 1.165) is 36.2 Å². The molecule has 11 nitrogen and oxygen atoms in total. The molecule has 11 heteroatoms. The number of aromatic nitrogens is 6. The molecular formula is C25H29N9O2. The van der Waals surface area contributed by atoms with Crippen molar-refractivity contribution in [3.63, 3.8) is 0 Å². The molecule has 0 atom stereocenters. The molecule has 1 fully saturated rings. The quantitative estimate of drug-likeness (QED) is 0.380. The highest BCUT2D eigenvalue weighted by atomic mass is 16.2. The highest BCUT2D eigenvalue weighted by Gasteiger charge is 2.32. The van der Waals surface area contributed by atoms with Gasteiger partial charge < -0.3 is 15.6 Å². The molecule has 1 aliphatic rings. The van der Waals surface area contributed by atoms with Crippen molar-refractivity contribution in [1.29, 1.82) is 0 Å². The van der Waals surface area contributed by atoms with E-state index in [2.05, 4.69) is 54.6 Å². The summed E-state index contributed by atoms with van der Waals surface area (Å²) in [5, 5.41) is 14.4. The number of likely N-dealkylation sites (tertiary alicyclic amines) is 1. The third kappa shape index (κ3) is 4.69. The summed E-state index contributed by atoms with van der Waals surface area (Å²) < 4.78 is 1.66. The number of rotatable bonds is 6. The van der Waals surface area contributed by atoms with Crippen LogP contribution in [0.3, 0.4) is 0 Å². The Morgan fingerprint density at radius 1 is 1.11 bits per heavy atom. The van der Waals surface area contributed by atoms with Crippen molar-refractivity contribution in [2.45, 2.75) is 39.2 Å². The third-order valence-corrected chi connectivity index (χ3v) is 6.75. The Morgan fingerprint density at radius 3 is 2.67 bits per heavy atom. The minimum atomic E-state index is -0.318. The van der Waals surface area contributed by atoms with E-state index < -0.39 is 0 Å². The van der Waals surface area contributed by atoms with Crippen LogP contribution in [-0.2, 0) is 11.8 Å². The average Bonchev–Trinajstić information content (AvgIpc) is 3.53. The van der Waals surface area contributed by atoms with E-state index in [9.17, 15) is 9.59 Å². The zero-order valence-corrected chi connectivity index (χ0v) is 20.8. The maximum Gasteiger partial charge on any atom is 0.257 e. The molecule has 4 aromatic heterocycles. The van der Waals surface area contributed by atoms with Crippen molar-refractivity contribution in [2.75, 3.05) is 23.7 Å². The van der Waals surface area contributed by atoms with Gasteiger partial charge in [0, 0.05) is 24.2 Å². The molecule has 5 rings (SSSR count). The lowest BCUT2D eigenvalue weighted by Crippen LogP contribution is -2.42. The largest absolute Gasteiger partial charge is 0.338 e. The number of hydrogen-bond acceptors (Lipinski definition) is 7. The molecule has 0 unspecified atom stereocenters. The molecule has 4 aromatic rings. The van der Waals surface area contributed by atoms with E-state index in [1.165, 1.54) is 6.20 Å². The normalized spacial score (nSPS) is 15.3. The fourth-order valence-corrected chi connectivity index (χ4v) is 4.56. The first-order valence-corrected chi connectivity index (χ1v) is 11.9. The van der Waals surface area contributed by atoms with Crippen LogP contribution in [0.4, 0.5) is 11.4 Å². The first kappa shape index (κ1) is 23.6. The van der Waals surface area contributed by atoms with E-state index in [1.807, 2.05) is 6.07 Å². The van der Waals surface area contributed by atoms with Crippen LogP contribution in [-0.4, -0.2) is 65.3 Å². The van der Waals surface area contributed by atoms with Crippen molar-refractivity contribution < 1.29 is 9.59 Å². The Balaban J connectivity index is 1.29. The minimum absolute atomic E-state index is 0.0198. The van der Waals surface area contributed by atoms with E-state index in [4.69, 9.17) is 0 Å². The standard InChI is InChI=1S/C25H29N9O2/c1-15-19(10-18(12-26-15)29-22(35)14-34-7-5-6-25(34,2)3)31-24(36)17-8-16-9-20(30-23(16)27-11-17)21-13-28-32-33(21)4/h8-13H,5-7,14H2,1-4H3,(H,27,30)(H,29,35)(H,31,36). The number of H-pyrrole nitrogens is 1. The molecular weight excluding hydrogens is 458 g/mol. The number of aromatic amines is 1. The number of anilines is 2. The van der Waals surface area contributed by atoms with E-state index >= 15 is 0 Å². The Hall–Kier alpha value is -4.12. The maximum absolute atomic E-state index is 13.0. The lowest BCUT2D eigenvalue weighted by molar-refractivity contribution is -0.118. The minimum Gasteiger partial charge on any atom is -0.338 e. The molecule has 0 bridgehead atoms. The summed E-state index contributed by atoms with van der Waals surface area (Å²) in [4.78, 5) is 39.8. The van der Waals surface area contributed by atoms with Gasteiger partial charge in [-0.05, 0) is 58.4 Å². The summed E-state index contributed by atoms with van der Waals surface area (Å²) in [7, 11) is 1.81. The average molecular weight is 488 g/mol. The van der Waals surface area contributed by atoms with Gasteiger partial charge in [-0.25, -0.2) is 9.67 Å². The fraction of sp³-hybridized carbons (Fsp3) is 0.360. The highest BCUT2D eigenvalue weighted by Crippen LogP contribution is 2.28. The van der Waals surface area contributed by atoms with Crippen molar-refractivity contribution in [3.05, 3.63) is 48.0 Å². The van der Waals surface area contributed by atoms with Gasteiger partial charge in [0.05, 0.1) is 47.3 Å². The second-order valence-electron chi connectivity index (χ2n) is 9.78. The van der Waals surface area contributed by atoms with Crippen LogP contribution in [0.15, 0.2) is 36.8 Å². The number of fused-ring (bicyclic) bond motifs is 1. The molecule has 36 heavy (non-hydrogen) atoms. The van der Waals surface area contributed by atoms with Crippen LogP contribution in [0.25, 0.3) is 22.4 Å². The van der Waals surface area contributed by atoms with Gasteiger partial charge in [-0.1, -0.05) is 5.21 Å². The van der Waals surface area contributed by atoms with Crippen LogP contribution in [0, 0.1) is 6.92 Å². The van der Waals surface area contributed by atoms with Crippen LogP contribution in [0.1, 0.15) is 42.7 Å². The number of nitrogens with one attached hydrogen (secondary N) is 3. The monoisotopic (exact) mass is 487 g/mol. The number of amides is 2. The van der Waals surface area contributed by atoms with Gasteiger partial charge in [0.2, 0.25) is 5.91 Å². The number of aryl methyl sites for hydroxylation is 2. The Labute approximate surface area is 208 Å². The van der Waals surface area contributed by atoms with Crippen molar-refractivity contribution in [1.82, 2.24) is 34.8 Å². The van der Waals surface area contributed by atoms with Gasteiger partial charge in [-0.15, -0.1) is 5.10 Å². The number of hydrogen-bond donors (Lipinski definition) is 3. The summed E-state index contributed by atoms with van der Waals surface area (Å²) in [6.45, 7) is 7.35. The molecule has 3 N–H and O–H groups in total. The van der Waals surface area contributed by atoms with E-state index in [0.29, 0.717) is 34.8 Å². The molecule has 1 saturated heterocycles. The lowest BCUT2D eigenvalue weighted by atomic mass is 10.0. The predicted octanol–water partition coefficient (Wildman–Crippen LogP) is 3.13. The molecule has 1 aliphatic heterocycles. The van der Waals surface area contributed by atoms with Gasteiger partial charge in [-0.3, -0.25) is 19.5 Å². The van der Waals surface area contributed by atoms with Crippen LogP contribution < -0.4 is 10.6 Å². The number of carbonyl (C=O) groups excluding carboxylic acids is 2. The SMILES string of the molecule is Cc1ncc(NC(=O)CN2CCCC2(C)C)cc1NC(=O)c1cnc2[nH]c(-c3cnnn3C)cc2c1. The van der Waals surface area contributed by atoms with Gasteiger partial charge in [0.1, 0.15) is 11.3 Å². The molecule has 186 valence electrons. The second kappa shape index (κ2) is 9.15. The van der Waals surface area contributed by atoms with Gasteiger partial charge in [0.25, 0.3) is 5.91 Å². The third-order valence-electron chi connectivity index (χ3n) is 6.75. The highest BCUT2D eigenvalue weighted by molar-refractivity contribution is 6.06. The topological polar surface area (TPSA) is 134 Å². The van der Waals surface area contributed by atoms with Gasteiger partial charge >= 0.3 is 0 Å². The van der Waals surface area contributed by atoms with E-state index in [1.54, 1.807) is 43.2 Å². The summed E-state index contributed by atoms with van der Waals surface area (Å²) >= 11 is 0. The summed E-state index contributed by atoms with van der Waals surface area (Å²) in [5.41, 5.74) is 4.40. The lowest BCUT2D eigenvalue weighted by Gasteiger charge is -2.30. The van der Waals surface area contributed by atoms with Gasteiger partial charge in [0.15, 0.2) is 0 Å². The van der Waals surface area contributed by atoms with Crippen molar-refractivity contribution >= 4 is 34.2 Å². The first-order valence-electron chi connectivity index (χ1n) is 11.9. The summed E-state index contributed by atoms with van der Waals surface area (Å²) in [5.74, 6) is -0.420. The Kier molecular flexibility index (Phi) is 6.00. The summed E-state index contributed by atoms with van der Waals surface area (Å²) in [6.07, 6.45) is 6.94. The molecule has 0 aliphatic carbocycles. The van der Waals surface area contributed by atoms with Crippen molar-refractivity contribution in [3.8, 4) is 11.4 Å². The molecule has 0 radical (unpaired) electrons. The van der Waals surface area contributed by atoms with Crippen molar-refractivity contribution in [2.24, 2.45) is 7.05 Å². The fourth-order valence-electron chi connectivity index (χ4n) is 4.56. The molecule has 0 aromatic carbocycles. The van der Waals surface area contributed by atoms with Crippen LogP contribution >= 0.6 is 0 Å². The predicted molar refractivity (Wildman–Crippen MR) is 137 cm³/mol. The number of nitrogens with zero attached hydrogens (tertiary/aromatic N) is 6.